The Morgan fingerprint density at radius 2 is 1.41 bits per heavy atom. The van der Waals surface area contributed by atoms with Crippen LogP contribution in [0.1, 0.15) is 6.92 Å². The molecule has 5 N–H and O–H groups in total. The number of aliphatic hydroxyl groups is 5. The van der Waals surface area contributed by atoms with Gasteiger partial charge < -0.3 is 35.1 Å². The van der Waals surface area contributed by atoms with Crippen LogP contribution in [0, 0.1) is 0 Å². The molecule has 0 aliphatic rings. The molecule has 0 heterocycles. The van der Waals surface area contributed by atoms with Crippen molar-refractivity contribution in [3.63, 3.8) is 0 Å². The van der Waals surface area contributed by atoms with E-state index in [4.69, 9.17) is 30.3 Å². The zero-order chi connectivity index (χ0) is 12.4. The van der Waals surface area contributed by atoms with Gasteiger partial charge in [-0.25, -0.2) is 6.29 Å². The molecule has 0 aromatic heterocycles. The molecule has 0 fully saturated rings. The molecule has 9 heteroatoms. The average Bonchev–Trinajstić information content (AvgIpc) is 2.25. The van der Waals surface area contributed by atoms with Crippen LogP contribution in [0.5, 0.6) is 0 Å². The molecule has 4 atom stereocenters. The van der Waals surface area contributed by atoms with Gasteiger partial charge in [-0.2, -0.15) is 6.92 Å². The molecule has 0 aliphatic heterocycles. The molecule has 108 valence electrons. The van der Waals surface area contributed by atoms with E-state index >= 15 is 0 Å². The summed E-state index contributed by atoms with van der Waals surface area (Å²) in [6.07, 6.45) is -4.57. The van der Waals surface area contributed by atoms with Gasteiger partial charge in [0, 0.05) is 22.4 Å². The average molecular weight is 499 g/mol. The number of rotatable bonds is 5. The summed E-state index contributed by atoms with van der Waals surface area (Å²) in [5.41, 5.74) is 0. The van der Waals surface area contributed by atoms with E-state index in [1.54, 1.807) is 0 Å². The second kappa shape index (κ2) is 16.4. The van der Waals surface area contributed by atoms with Crippen molar-refractivity contribution >= 4 is 29.6 Å². The summed E-state index contributed by atoms with van der Waals surface area (Å²) in [4.78, 5) is 18.5. The summed E-state index contributed by atoms with van der Waals surface area (Å²) in [5, 5.41) is 43.4. The SMILES string of the molecule is C[C-]=O.O=[C-][C@H](O)[C@@H](O)[C@H](O)[C@H](O)CO.[Au].[SeH]. The summed E-state index contributed by atoms with van der Waals surface area (Å²) in [7, 11) is 0. The van der Waals surface area contributed by atoms with Crippen LogP contribution < -0.4 is 0 Å². The van der Waals surface area contributed by atoms with Gasteiger partial charge in [0.2, 0.25) is 0 Å². The molecular weight excluding hydrogens is 484 g/mol. The van der Waals surface area contributed by atoms with Gasteiger partial charge in [0.15, 0.2) is 0 Å². The minimum atomic E-state index is -1.89. The third-order valence-corrected chi connectivity index (χ3v) is 1.38. The van der Waals surface area contributed by atoms with Gasteiger partial charge in [-0.1, -0.05) is 0 Å². The molecule has 0 saturated carbocycles. The first kappa shape index (κ1) is 26.1. The topological polar surface area (TPSA) is 135 Å². The first-order chi connectivity index (χ1) is 6.95. The summed E-state index contributed by atoms with van der Waals surface area (Å²) in [6, 6.07) is 0. The molecule has 2 radical (unpaired) electrons. The molecule has 0 saturated heterocycles. The van der Waals surface area contributed by atoms with E-state index in [0.717, 1.165) is 6.29 Å². The summed E-state index contributed by atoms with van der Waals surface area (Å²) >= 11 is 0. The predicted molar refractivity (Wildman–Crippen MR) is 55.3 cm³/mol. The van der Waals surface area contributed by atoms with Crippen molar-refractivity contribution in [2.24, 2.45) is 0 Å². The van der Waals surface area contributed by atoms with Crippen LogP contribution in [-0.4, -0.2) is 86.2 Å². The first-order valence-corrected chi connectivity index (χ1v) is 3.95. The van der Waals surface area contributed by atoms with E-state index in [9.17, 15) is 4.79 Å². The first-order valence-electron chi connectivity index (χ1n) is 3.95. The number of aliphatic hydroxyl groups excluding tert-OH is 5. The summed E-state index contributed by atoms with van der Waals surface area (Å²) in [5.74, 6) is 0. The van der Waals surface area contributed by atoms with Crippen LogP contribution >= 0.6 is 0 Å². The molecule has 0 amide bonds. The van der Waals surface area contributed by atoms with Gasteiger partial charge in [0.05, 0.1) is 12.7 Å². The van der Waals surface area contributed by atoms with E-state index < -0.39 is 31.0 Å². The molecule has 17 heavy (non-hydrogen) atoms. The van der Waals surface area contributed by atoms with E-state index in [1.807, 2.05) is 0 Å². The van der Waals surface area contributed by atoms with Crippen LogP contribution in [0.25, 0.3) is 0 Å². The third kappa shape index (κ3) is 12.6. The van der Waals surface area contributed by atoms with Crippen molar-refractivity contribution in [3.05, 3.63) is 0 Å². The molecule has 0 bridgehead atoms. The predicted octanol–water partition coefficient (Wildman–Crippen LogP) is -4.00. The molecule has 7 nitrogen and oxygen atoms in total. The second-order valence-electron chi connectivity index (χ2n) is 2.50. The Morgan fingerprint density at radius 3 is 1.65 bits per heavy atom. The fourth-order valence-corrected chi connectivity index (χ4v) is 0.592. The number of hydrogen-bond donors (Lipinski definition) is 5. The van der Waals surface area contributed by atoms with Crippen molar-refractivity contribution in [1.82, 2.24) is 0 Å². The second-order valence-corrected chi connectivity index (χ2v) is 2.50. The normalized spacial score (nSPS) is 15.6. The monoisotopic (exact) mass is 500 g/mol. The Balaban J connectivity index is -0.000000152. The van der Waals surface area contributed by atoms with Crippen molar-refractivity contribution in [2.75, 3.05) is 6.61 Å². The summed E-state index contributed by atoms with van der Waals surface area (Å²) < 4.78 is 0. The minimum absolute atomic E-state index is 0. The van der Waals surface area contributed by atoms with Gasteiger partial charge >= 0.3 is 17.1 Å². The Morgan fingerprint density at radius 1 is 1.06 bits per heavy atom. The van der Waals surface area contributed by atoms with E-state index in [0.29, 0.717) is 0 Å². The van der Waals surface area contributed by atoms with Gasteiger partial charge in [0.25, 0.3) is 0 Å². The quantitative estimate of drug-likeness (QED) is 0.192. The summed E-state index contributed by atoms with van der Waals surface area (Å²) in [6.45, 7) is 0.545. The molecular formula is C8H15AuO7Se-2. The van der Waals surface area contributed by atoms with Crippen molar-refractivity contribution in [2.45, 2.75) is 31.3 Å². The Labute approximate surface area is 125 Å². The van der Waals surface area contributed by atoms with Crippen molar-refractivity contribution < 1.29 is 57.5 Å². The Bertz CT molecular complexity index is 183. The van der Waals surface area contributed by atoms with Gasteiger partial charge in [-0.3, -0.25) is 6.29 Å². The third-order valence-electron chi connectivity index (χ3n) is 1.38. The molecule has 0 aliphatic carbocycles. The van der Waals surface area contributed by atoms with Gasteiger partial charge in [0.1, 0.15) is 12.2 Å². The van der Waals surface area contributed by atoms with E-state index in [2.05, 4.69) is 0 Å². The Hall–Kier alpha value is 0.400. The van der Waals surface area contributed by atoms with E-state index in [-0.39, 0.29) is 39.4 Å². The van der Waals surface area contributed by atoms with Crippen molar-refractivity contribution in [3.8, 4) is 0 Å². The van der Waals surface area contributed by atoms with Gasteiger partial charge in [-0.05, 0) is 6.10 Å². The fourth-order valence-electron chi connectivity index (χ4n) is 0.592. The van der Waals surface area contributed by atoms with Crippen LogP contribution in [0.3, 0.4) is 0 Å². The van der Waals surface area contributed by atoms with Gasteiger partial charge in [-0.15, -0.1) is 0 Å². The molecule has 0 aromatic carbocycles. The van der Waals surface area contributed by atoms with Crippen LogP contribution in [0.2, 0.25) is 0 Å². The Kier molecular flexibility index (Phi) is 25.1. The standard InChI is InChI=1S/C6H11O6.C2H3O.Au.HSe/c7-1-3(9)5(11)6(12)4(10)2-8;1-2-3;;/h3-7,9-12H,1H2;1H3;;1H/q2*-1;;/t3-,4+,5-,6-;;;/m1.../s1. The van der Waals surface area contributed by atoms with E-state index in [1.165, 1.54) is 13.2 Å². The number of carbonyl (C=O) groups excluding carboxylic acids is 2. The van der Waals surface area contributed by atoms with Crippen LogP contribution in [-0.2, 0) is 32.0 Å². The van der Waals surface area contributed by atoms with Crippen LogP contribution in [0.4, 0.5) is 0 Å². The van der Waals surface area contributed by atoms with Crippen LogP contribution in [0.15, 0.2) is 0 Å². The zero-order valence-corrected chi connectivity index (χ0v) is 12.9. The maximum absolute atomic E-state index is 9.77. The fraction of sp³-hybridized carbons (Fsp3) is 0.750. The van der Waals surface area contributed by atoms with Crippen molar-refractivity contribution in [1.29, 1.82) is 0 Å². The molecule has 0 unspecified atom stereocenters. The molecule has 0 aromatic rings. The zero-order valence-electron chi connectivity index (χ0n) is 8.82. The molecule has 0 spiro atoms. The number of hydrogen-bond acceptors (Lipinski definition) is 7. The molecule has 0 rings (SSSR count). The maximum atomic E-state index is 9.77.